The van der Waals surface area contributed by atoms with E-state index in [0.717, 1.165) is 37.8 Å². The molecule has 0 saturated carbocycles. The summed E-state index contributed by atoms with van der Waals surface area (Å²) in [6.07, 6.45) is 10.2. The normalized spacial score (nSPS) is 17.1. The van der Waals surface area contributed by atoms with Crippen molar-refractivity contribution in [2.24, 2.45) is 5.73 Å². The maximum atomic E-state index is 5.58. The third-order valence-electron chi connectivity index (χ3n) is 2.58. The van der Waals surface area contributed by atoms with Crippen molar-refractivity contribution in [3.8, 4) is 0 Å². The maximum absolute atomic E-state index is 5.58. The van der Waals surface area contributed by atoms with Gasteiger partial charge in [-0.2, -0.15) is 0 Å². The van der Waals surface area contributed by atoms with Gasteiger partial charge in [-0.3, -0.25) is 0 Å². The van der Waals surface area contributed by atoms with Gasteiger partial charge in [-0.05, 0) is 36.8 Å². The van der Waals surface area contributed by atoms with Crippen molar-refractivity contribution in [1.29, 1.82) is 0 Å². The summed E-state index contributed by atoms with van der Waals surface area (Å²) in [5.74, 6) is 0. The molecule has 0 aromatic rings. The summed E-state index contributed by atoms with van der Waals surface area (Å²) in [5, 5.41) is 0. The van der Waals surface area contributed by atoms with Crippen LogP contribution < -0.4 is 5.73 Å². The molecular weight excluding hydrogens is 269 g/mol. The van der Waals surface area contributed by atoms with Crippen LogP contribution in [0, 0.1) is 0 Å². The van der Waals surface area contributed by atoms with E-state index in [4.69, 9.17) is 31.1 Å². The van der Waals surface area contributed by atoms with Crippen LogP contribution >= 0.6 is 6.72 Å². The van der Waals surface area contributed by atoms with Crippen molar-refractivity contribution in [2.75, 3.05) is 26.9 Å². The van der Waals surface area contributed by atoms with Gasteiger partial charge in [0.15, 0.2) is 0 Å². The molecule has 1 aliphatic rings. The highest BCUT2D eigenvalue weighted by atomic mass is 32.5. The first kappa shape index (κ1) is 16.0. The van der Waals surface area contributed by atoms with Crippen LogP contribution in [-0.4, -0.2) is 26.9 Å². The van der Waals surface area contributed by atoms with Gasteiger partial charge in [0.05, 0.1) is 13.2 Å². The number of rotatable bonds is 11. The Morgan fingerprint density at radius 3 is 2.50 bits per heavy atom. The van der Waals surface area contributed by atoms with E-state index >= 15 is 0 Å². The number of hydrogen-bond donors (Lipinski definition) is 1. The van der Waals surface area contributed by atoms with Crippen molar-refractivity contribution in [2.45, 2.75) is 25.7 Å². The van der Waals surface area contributed by atoms with Crippen LogP contribution in [0.5, 0.6) is 0 Å². The first-order chi connectivity index (χ1) is 8.70. The van der Waals surface area contributed by atoms with Gasteiger partial charge < -0.3 is 19.3 Å². The van der Waals surface area contributed by atoms with Crippen LogP contribution in [0.25, 0.3) is 0 Å². The lowest BCUT2D eigenvalue weighted by atomic mass is 10.1. The molecule has 0 aliphatic heterocycles. The van der Waals surface area contributed by atoms with Gasteiger partial charge in [-0.25, -0.2) is 0 Å². The second-order valence-electron chi connectivity index (χ2n) is 4.04. The fraction of sp³-hybridized carbons (Fsp3) is 0.667. The van der Waals surface area contributed by atoms with E-state index in [1.54, 1.807) is 7.11 Å². The van der Waals surface area contributed by atoms with Gasteiger partial charge in [0.1, 0.15) is 0 Å². The van der Waals surface area contributed by atoms with Crippen LogP contribution in [-0.2, 0) is 25.4 Å². The fourth-order valence-corrected chi connectivity index (χ4v) is 2.73. The van der Waals surface area contributed by atoms with E-state index in [-0.39, 0.29) is 0 Å². The van der Waals surface area contributed by atoms with Gasteiger partial charge in [-0.15, -0.1) is 0 Å². The summed E-state index contributed by atoms with van der Waals surface area (Å²) in [4.78, 5) is 0. The summed E-state index contributed by atoms with van der Waals surface area (Å²) >= 11 is 5.27. The number of nitrogens with two attached hydrogens (primary N) is 1. The molecule has 18 heavy (non-hydrogen) atoms. The standard InChI is InChI=1S/C12H22NO3PS/c1-14-17(18,16-11-12-7-6-8-12)15-10-5-3-2-4-9-13/h6-8H,2-5,9-11,13H2,1H3. The largest absolute Gasteiger partial charge is 0.330 e. The van der Waals surface area contributed by atoms with E-state index in [9.17, 15) is 0 Å². The van der Waals surface area contributed by atoms with Crippen molar-refractivity contribution >= 4 is 18.5 Å². The van der Waals surface area contributed by atoms with Crippen molar-refractivity contribution in [3.05, 3.63) is 23.8 Å². The van der Waals surface area contributed by atoms with Crippen LogP contribution in [0.4, 0.5) is 0 Å². The Kier molecular flexibility index (Phi) is 7.98. The Bertz CT molecular complexity index is 344. The molecule has 1 aliphatic carbocycles. The SMILES string of the molecule is COP(=S)(OCCCCCCN)OCC1=CC=C1. The Morgan fingerprint density at radius 1 is 1.22 bits per heavy atom. The molecule has 104 valence electrons. The molecule has 1 unspecified atom stereocenters. The summed E-state index contributed by atoms with van der Waals surface area (Å²) in [6, 6.07) is 0. The lowest BCUT2D eigenvalue weighted by Gasteiger charge is -2.20. The fourth-order valence-electron chi connectivity index (χ4n) is 1.40. The zero-order chi connectivity index (χ0) is 13.3. The second kappa shape index (κ2) is 8.97. The van der Waals surface area contributed by atoms with Crippen molar-refractivity contribution in [1.82, 2.24) is 0 Å². The van der Waals surface area contributed by atoms with E-state index in [1.165, 1.54) is 0 Å². The Labute approximate surface area is 114 Å². The molecule has 0 amide bonds. The van der Waals surface area contributed by atoms with E-state index in [2.05, 4.69) is 0 Å². The van der Waals surface area contributed by atoms with E-state index in [1.807, 2.05) is 18.2 Å². The molecule has 0 saturated heterocycles. The molecule has 4 nitrogen and oxygen atoms in total. The molecule has 0 aromatic heterocycles. The van der Waals surface area contributed by atoms with E-state index in [0.29, 0.717) is 13.2 Å². The zero-order valence-corrected chi connectivity index (χ0v) is 12.6. The quantitative estimate of drug-likeness (QED) is 0.468. The zero-order valence-electron chi connectivity index (χ0n) is 10.8. The first-order valence-electron chi connectivity index (χ1n) is 6.22. The third kappa shape index (κ3) is 6.23. The number of allylic oxidation sites excluding steroid dienone is 2. The number of hydrogen-bond acceptors (Lipinski definition) is 5. The topological polar surface area (TPSA) is 53.7 Å². The van der Waals surface area contributed by atoms with E-state index < -0.39 is 6.72 Å². The molecule has 0 heterocycles. The van der Waals surface area contributed by atoms with Gasteiger partial charge >= 0.3 is 6.72 Å². The summed E-state index contributed by atoms with van der Waals surface area (Å²) in [5.41, 5.74) is 6.55. The average Bonchev–Trinajstić information content (AvgIpc) is 2.32. The molecule has 0 aromatic carbocycles. The smallest absolute Gasteiger partial charge is 0.327 e. The molecule has 0 radical (unpaired) electrons. The minimum atomic E-state index is -2.56. The Hall–Kier alpha value is -0.0300. The van der Waals surface area contributed by atoms with Gasteiger partial charge in [0.25, 0.3) is 0 Å². The minimum Gasteiger partial charge on any atom is -0.330 e. The highest BCUT2D eigenvalue weighted by molar-refractivity contribution is 8.07. The summed E-state index contributed by atoms with van der Waals surface area (Å²) in [6.45, 7) is -0.748. The molecule has 0 bridgehead atoms. The lowest BCUT2D eigenvalue weighted by molar-refractivity contribution is 0.185. The summed E-state index contributed by atoms with van der Waals surface area (Å²) < 4.78 is 16.3. The molecule has 0 fully saturated rings. The molecule has 6 heteroatoms. The van der Waals surface area contributed by atoms with Gasteiger partial charge in [-0.1, -0.05) is 31.1 Å². The van der Waals surface area contributed by atoms with Crippen LogP contribution in [0.3, 0.4) is 0 Å². The molecule has 0 spiro atoms. The monoisotopic (exact) mass is 291 g/mol. The molecule has 1 atom stereocenters. The Morgan fingerprint density at radius 2 is 1.94 bits per heavy atom. The highest BCUT2D eigenvalue weighted by Crippen LogP contribution is 2.49. The second-order valence-corrected chi connectivity index (χ2v) is 7.16. The highest BCUT2D eigenvalue weighted by Gasteiger charge is 2.19. The Balaban J connectivity index is 2.12. The minimum absolute atomic E-state index is 0.467. The first-order valence-corrected chi connectivity index (χ1v) is 8.78. The van der Waals surface area contributed by atoms with Crippen LogP contribution in [0.1, 0.15) is 25.7 Å². The molecular formula is C12H22NO3PS. The number of unbranched alkanes of at least 4 members (excludes halogenated alkanes) is 3. The van der Waals surface area contributed by atoms with Gasteiger partial charge in [0, 0.05) is 7.11 Å². The third-order valence-corrected chi connectivity index (χ3v) is 5.05. The van der Waals surface area contributed by atoms with Crippen molar-refractivity contribution < 1.29 is 13.6 Å². The molecule has 1 rings (SSSR count). The maximum Gasteiger partial charge on any atom is 0.327 e. The van der Waals surface area contributed by atoms with Crippen molar-refractivity contribution in [3.63, 3.8) is 0 Å². The van der Waals surface area contributed by atoms with Gasteiger partial charge in [0.2, 0.25) is 0 Å². The average molecular weight is 291 g/mol. The predicted molar refractivity (Wildman–Crippen MR) is 77.9 cm³/mol. The van der Waals surface area contributed by atoms with Crippen LogP contribution in [0.15, 0.2) is 23.8 Å². The lowest BCUT2D eigenvalue weighted by Crippen LogP contribution is -2.03. The van der Waals surface area contributed by atoms with Crippen LogP contribution in [0.2, 0.25) is 0 Å². The molecule has 2 N–H and O–H groups in total. The predicted octanol–water partition coefficient (Wildman–Crippen LogP) is 2.91. The summed E-state index contributed by atoms with van der Waals surface area (Å²) in [7, 11) is 1.54.